The summed E-state index contributed by atoms with van der Waals surface area (Å²) in [5.41, 5.74) is 5.08. The van der Waals surface area contributed by atoms with Crippen LogP contribution in [0.1, 0.15) is 42.6 Å². The van der Waals surface area contributed by atoms with Crippen molar-refractivity contribution in [3.05, 3.63) is 35.5 Å². The van der Waals surface area contributed by atoms with Crippen molar-refractivity contribution in [1.82, 2.24) is 20.9 Å². The summed E-state index contributed by atoms with van der Waals surface area (Å²) in [4.78, 5) is 65.2. The van der Waals surface area contributed by atoms with Crippen molar-refractivity contribution in [2.24, 2.45) is 17.6 Å². The van der Waals surface area contributed by atoms with Crippen LogP contribution in [-0.2, 0) is 23.9 Å². The molecule has 38 heavy (non-hydrogen) atoms. The van der Waals surface area contributed by atoms with Crippen molar-refractivity contribution < 1.29 is 37.5 Å². The van der Waals surface area contributed by atoms with Gasteiger partial charge in [0.2, 0.25) is 11.8 Å². The van der Waals surface area contributed by atoms with Crippen molar-refractivity contribution in [3.8, 4) is 0 Å². The zero-order valence-electron chi connectivity index (χ0n) is 20.5. The first kappa shape index (κ1) is 27.2. The Kier molecular flexibility index (Phi) is 8.35. The van der Waals surface area contributed by atoms with Gasteiger partial charge < -0.3 is 31.4 Å². The molecule has 1 saturated heterocycles. The van der Waals surface area contributed by atoms with Gasteiger partial charge in [0, 0.05) is 23.9 Å². The molecule has 1 saturated carbocycles. The number of aromatic nitrogens is 1. The molecule has 1 aromatic heterocycles. The molecule has 11 nitrogen and oxygen atoms in total. The second kappa shape index (κ2) is 11.7. The number of hydrogen-bond donors (Lipinski definition) is 5. The number of rotatable bonds is 12. The van der Waals surface area contributed by atoms with Gasteiger partial charge in [0.05, 0.1) is 18.1 Å². The predicted octanol–water partition coefficient (Wildman–Crippen LogP) is 0.427. The molecule has 0 unspecified atom stereocenters. The molecule has 2 heterocycles. The van der Waals surface area contributed by atoms with Gasteiger partial charge in [-0.1, -0.05) is 12.8 Å². The maximum atomic E-state index is 14.1. The van der Waals surface area contributed by atoms with E-state index in [2.05, 4.69) is 20.9 Å². The molecule has 0 spiro atoms. The smallest absolute Gasteiger partial charge is 0.320 e. The quantitative estimate of drug-likeness (QED) is 0.246. The minimum Gasteiger partial charge on any atom is -0.457 e. The number of nitrogens with one attached hydrogen (secondary N) is 4. The molecule has 204 valence electrons. The van der Waals surface area contributed by atoms with Gasteiger partial charge in [-0.05, 0) is 37.3 Å². The van der Waals surface area contributed by atoms with Crippen LogP contribution in [0.25, 0.3) is 10.9 Å². The Bertz CT molecular complexity index is 1260. The Morgan fingerprint density at radius 1 is 1.05 bits per heavy atom. The van der Waals surface area contributed by atoms with Gasteiger partial charge in [-0.25, -0.2) is 8.78 Å². The van der Waals surface area contributed by atoms with Crippen molar-refractivity contribution in [1.29, 1.82) is 0 Å². The van der Waals surface area contributed by atoms with Crippen LogP contribution in [0, 0.1) is 23.5 Å². The van der Waals surface area contributed by atoms with Gasteiger partial charge in [0.15, 0.2) is 12.4 Å². The van der Waals surface area contributed by atoms with E-state index in [1.807, 2.05) is 0 Å². The summed E-state index contributed by atoms with van der Waals surface area (Å²) in [5, 5.41) is 8.06. The minimum absolute atomic E-state index is 0.00641. The van der Waals surface area contributed by atoms with Crippen LogP contribution < -0.4 is 21.7 Å². The number of esters is 1. The normalized spacial score (nSPS) is 18.5. The molecule has 3 amide bonds. The van der Waals surface area contributed by atoms with Crippen molar-refractivity contribution in [2.45, 2.75) is 44.2 Å². The predicted molar refractivity (Wildman–Crippen MR) is 129 cm³/mol. The van der Waals surface area contributed by atoms with Gasteiger partial charge in [0.25, 0.3) is 5.91 Å². The molecule has 2 fully saturated rings. The molecule has 1 aliphatic carbocycles. The van der Waals surface area contributed by atoms with Crippen LogP contribution in [0.2, 0.25) is 0 Å². The number of ether oxygens (including phenoxy) is 1. The number of benzene rings is 1. The summed E-state index contributed by atoms with van der Waals surface area (Å²) in [6.45, 7) is -0.614. The van der Waals surface area contributed by atoms with Crippen LogP contribution in [0.15, 0.2) is 18.2 Å². The van der Waals surface area contributed by atoms with Crippen LogP contribution >= 0.6 is 0 Å². The lowest BCUT2D eigenvalue weighted by molar-refractivity contribution is -0.147. The SMILES string of the molecule is NCC(=O)OCC(=O)[C@H](C[C@@H]1CCNC1=O)NC(=O)[C@H](CC1CC1)NC(=O)c1cc2cc(F)cc(F)c2[nH]1. The number of Topliss-reactive ketones (excluding diaryl/α,β-unsaturated/α-hetero) is 1. The average Bonchev–Trinajstić information content (AvgIpc) is 3.44. The van der Waals surface area contributed by atoms with E-state index in [0.29, 0.717) is 25.5 Å². The highest BCUT2D eigenvalue weighted by Crippen LogP contribution is 2.33. The molecule has 4 rings (SSSR count). The molecule has 1 aliphatic heterocycles. The number of halogens is 2. The maximum Gasteiger partial charge on any atom is 0.320 e. The lowest BCUT2D eigenvalue weighted by Gasteiger charge is -2.24. The van der Waals surface area contributed by atoms with Crippen LogP contribution in [0.3, 0.4) is 0 Å². The monoisotopic (exact) mass is 533 g/mol. The van der Waals surface area contributed by atoms with Crippen molar-refractivity contribution >= 4 is 40.4 Å². The molecule has 2 aromatic rings. The fourth-order valence-corrected chi connectivity index (χ4v) is 4.45. The van der Waals surface area contributed by atoms with E-state index in [1.54, 1.807) is 0 Å². The fraction of sp³-hybridized carbons (Fsp3) is 0.480. The first-order valence-corrected chi connectivity index (χ1v) is 12.4. The molecule has 3 atom stereocenters. The van der Waals surface area contributed by atoms with Crippen LogP contribution in [0.5, 0.6) is 0 Å². The minimum atomic E-state index is -1.15. The second-order valence-corrected chi connectivity index (χ2v) is 9.64. The number of carbonyl (C=O) groups is 5. The zero-order chi connectivity index (χ0) is 27.4. The third-order valence-electron chi connectivity index (χ3n) is 6.71. The standard InChI is InChI=1S/C25H29F2N5O6/c26-15-6-14-8-19(30-22(14)16(27)9-15)25(37)32-18(5-12-1-2-12)24(36)31-17(7-13-3-4-29-23(13)35)20(33)11-38-21(34)10-28/h6,8-9,12-13,17-18,30H,1-5,7,10-11,28H2,(H,29,35)(H,31,36)(H,32,37)/t13-,17-,18-/m0/s1. The molecular weight excluding hydrogens is 504 g/mol. The first-order valence-electron chi connectivity index (χ1n) is 12.4. The van der Waals surface area contributed by atoms with E-state index in [9.17, 15) is 32.8 Å². The van der Waals surface area contributed by atoms with Crippen molar-refractivity contribution in [3.63, 3.8) is 0 Å². The summed E-state index contributed by atoms with van der Waals surface area (Å²) in [6.07, 6.45) is 2.51. The number of aromatic amines is 1. The second-order valence-electron chi connectivity index (χ2n) is 9.64. The molecule has 1 aromatic carbocycles. The van der Waals surface area contributed by atoms with Gasteiger partial charge >= 0.3 is 5.97 Å². The van der Waals surface area contributed by atoms with E-state index in [4.69, 9.17) is 10.5 Å². The molecule has 0 radical (unpaired) electrons. The Hall–Kier alpha value is -3.87. The summed E-state index contributed by atoms with van der Waals surface area (Å²) in [5.74, 6) is -5.01. The molecular formula is C25H29F2N5O6. The maximum absolute atomic E-state index is 14.1. The summed E-state index contributed by atoms with van der Waals surface area (Å²) < 4.78 is 32.4. The molecule has 0 bridgehead atoms. The van der Waals surface area contributed by atoms with Crippen LogP contribution in [0.4, 0.5) is 8.78 Å². The Morgan fingerprint density at radius 3 is 2.47 bits per heavy atom. The number of hydrogen-bond acceptors (Lipinski definition) is 7. The highest BCUT2D eigenvalue weighted by atomic mass is 19.1. The Balaban J connectivity index is 1.48. The number of fused-ring (bicyclic) bond motifs is 1. The average molecular weight is 534 g/mol. The van der Waals surface area contributed by atoms with Gasteiger partial charge in [0.1, 0.15) is 23.4 Å². The molecule has 13 heteroatoms. The lowest BCUT2D eigenvalue weighted by atomic mass is 9.95. The third-order valence-corrected chi connectivity index (χ3v) is 6.71. The summed E-state index contributed by atoms with van der Waals surface area (Å²) in [7, 11) is 0. The van der Waals surface area contributed by atoms with E-state index in [1.165, 1.54) is 6.07 Å². The fourth-order valence-electron chi connectivity index (χ4n) is 4.45. The highest BCUT2D eigenvalue weighted by Gasteiger charge is 2.35. The van der Waals surface area contributed by atoms with E-state index < -0.39 is 66.4 Å². The Labute approximate surface area is 216 Å². The topological polar surface area (TPSA) is 172 Å². The largest absolute Gasteiger partial charge is 0.457 e. The number of H-pyrrole nitrogens is 1. The molecule has 2 aliphatic rings. The Morgan fingerprint density at radius 2 is 1.82 bits per heavy atom. The van der Waals surface area contributed by atoms with E-state index in [0.717, 1.165) is 18.9 Å². The van der Waals surface area contributed by atoms with Gasteiger partial charge in [-0.15, -0.1) is 0 Å². The highest BCUT2D eigenvalue weighted by molar-refractivity contribution is 6.01. The van der Waals surface area contributed by atoms with Crippen molar-refractivity contribution in [2.75, 3.05) is 19.7 Å². The van der Waals surface area contributed by atoms with Crippen LogP contribution in [-0.4, -0.2) is 66.2 Å². The summed E-state index contributed by atoms with van der Waals surface area (Å²) in [6, 6.07) is 0.858. The summed E-state index contributed by atoms with van der Waals surface area (Å²) >= 11 is 0. The number of ketones is 1. The van der Waals surface area contributed by atoms with E-state index in [-0.39, 0.29) is 34.8 Å². The molecule has 6 N–H and O–H groups in total. The first-order chi connectivity index (χ1) is 18.1. The number of amides is 3. The van der Waals surface area contributed by atoms with Gasteiger partial charge in [-0.3, -0.25) is 24.0 Å². The number of carbonyl (C=O) groups excluding carboxylic acids is 5. The third kappa shape index (κ3) is 6.71. The lowest BCUT2D eigenvalue weighted by Crippen LogP contribution is -2.53. The van der Waals surface area contributed by atoms with Gasteiger partial charge in [-0.2, -0.15) is 0 Å². The zero-order valence-corrected chi connectivity index (χ0v) is 20.5. The number of nitrogens with two attached hydrogens (primary N) is 1. The van der Waals surface area contributed by atoms with E-state index >= 15 is 0 Å².